The van der Waals surface area contributed by atoms with Crippen LogP contribution in [0, 0.1) is 11.6 Å². The Bertz CT molecular complexity index is 575. The minimum atomic E-state index is -0.659. The van der Waals surface area contributed by atoms with Crippen LogP contribution in [-0.2, 0) is 0 Å². The summed E-state index contributed by atoms with van der Waals surface area (Å²) in [7, 11) is 0. The summed E-state index contributed by atoms with van der Waals surface area (Å²) in [5, 5.41) is 2.86. The van der Waals surface area contributed by atoms with Crippen LogP contribution >= 0.6 is 15.9 Å². The molecule has 1 aromatic heterocycles. The molecule has 3 nitrogen and oxygen atoms in total. The molecule has 0 aliphatic carbocycles. The van der Waals surface area contributed by atoms with E-state index in [1.54, 1.807) is 12.1 Å². The number of halogens is 3. The average Bonchev–Trinajstić information content (AvgIpc) is 2.36. The van der Waals surface area contributed by atoms with Crippen LogP contribution < -0.4 is 5.32 Å². The predicted molar refractivity (Wildman–Crippen MR) is 69.2 cm³/mol. The highest BCUT2D eigenvalue weighted by Crippen LogP contribution is 2.28. The van der Waals surface area contributed by atoms with E-state index in [4.69, 9.17) is 0 Å². The molecule has 18 heavy (non-hydrogen) atoms. The SMILES string of the molecule is CCNc1ncc(F)c(-c2cccc(Br)c2F)n1. The lowest BCUT2D eigenvalue weighted by Crippen LogP contribution is -2.04. The van der Waals surface area contributed by atoms with Crippen LogP contribution in [0.2, 0.25) is 0 Å². The molecule has 0 atom stereocenters. The fraction of sp³-hybridized carbons (Fsp3) is 0.167. The van der Waals surface area contributed by atoms with E-state index in [-0.39, 0.29) is 21.7 Å². The van der Waals surface area contributed by atoms with Crippen molar-refractivity contribution in [3.05, 3.63) is 40.5 Å². The molecule has 0 spiro atoms. The summed E-state index contributed by atoms with van der Waals surface area (Å²) in [5.41, 5.74) is 0.0446. The number of nitrogens with one attached hydrogen (secondary N) is 1. The van der Waals surface area contributed by atoms with Crippen molar-refractivity contribution in [2.45, 2.75) is 6.92 Å². The van der Waals surface area contributed by atoms with Gasteiger partial charge in [0.15, 0.2) is 5.82 Å². The minimum Gasteiger partial charge on any atom is -0.354 e. The van der Waals surface area contributed by atoms with Gasteiger partial charge in [0.1, 0.15) is 11.5 Å². The quantitative estimate of drug-likeness (QED) is 0.940. The van der Waals surface area contributed by atoms with Crippen LogP contribution in [0.25, 0.3) is 11.3 Å². The van der Waals surface area contributed by atoms with Crippen LogP contribution in [0.5, 0.6) is 0 Å². The Morgan fingerprint density at radius 1 is 1.33 bits per heavy atom. The molecule has 0 unspecified atom stereocenters. The van der Waals surface area contributed by atoms with E-state index in [0.717, 1.165) is 6.20 Å². The summed E-state index contributed by atoms with van der Waals surface area (Å²) in [5.74, 6) is -0.931. The van der Waals surface area contributed by atoms with Crippen molar-refractivity contribution in [1.29, 1.82) is 0 Å². The molecular formula is C12H10BrF2N3. The lowest BCUT2D eigenvalue weighted by molar-refractivity contribution is 0.604. The largest absolute Gasteiger partial charge is 0.354 e. The molecule has 0 aliphatic heterocycles. The van der Waals surface area contributed by atoms with Gasteiger partial charge in [-0.05, 0) is 35.0 Å². The topological polar surface area (TPSA) is 37.8 Å². The van der Waals surface area contributed by atoms with Crippen LogP contribution in [0.4, 0.5) is 14.7 Å². The van der Waals surface area contributed by atoms with Gasteiger partial charge in [-0.2, -0.15) is 0 Å². The zero-order valence-electron chi connectivity index (χ0n) is 9.54. The van der Waals surface area contributed by atoms with E-state index in [9.17, 15) is 8.78 Å². The van der Waals surface area contributed by atoms with Crippen LogP contribution in [0.1, 0.15) is 6.92 Å². The fourth-order valence-electron chi connectivity index (χ4n) is 1.49. The van der Waals surface area contributed by atoms with Crippen LogP contribution in [-0.4, -0.2) is 16.5 Å². The first kappa shape index (κ1) is 12.9. The molecule has 0 aliphatic rings. The summed E-state index contributed by atoms with van der Waals surface area (Å²) in [6.45, 7) is 2.47. The van der Waals surface area contributed by atoms with Gasteiger partial charge in [0.2, 0.25) is 5.95 Å². The summed E-state index contributed by atoms with van der Waals surface area (Å²) in [6.07, 6.45) is 1.03. The molecule has 2 aromatic rings. The normalized spacial score (nSPS) is 10.4. The number of rotatable bonds is 3. The Morgan fingerprint density at radius 2 is 2.11 bits per heavy atom. The maximum atomic E-state index is 13.9. The lowest BCUT2D eigenvalue weighted by atomic mass is 10.1. The van der Waals surface area contributed by atoms with E-state index in [1.165, 1.54) is 6.07 Å². The van der Waals surface area contributed by atoms with Crippen LogP contribution in [0.15, 0.2) is 28.9 Å². The zero-order chi connectivity index (χ0) is 13.1. The number of hydrogen-bond acceptors (Lipinski definition) is 3. The van der Waals surface area contributed by atoms with Gasteiger partial charge in [-0.3, -0.25) is 0 Å². The molecule has 2 rings (SSSR count). The molecule has 0 saturated heterocycles. The second-order valence-electron chi connectivity index (χ2n) is 3.52. The van der Waals surface area contributed by atoms with Gasteiger partial charge in [0.25, 0.3) is 0 Å². The molecule has 1 heterocycles. The summed E-state index contributed by atoms with van der Waals surface area (Å²) < 4.78 is 27.8. The molecule has 0 saturated carbocycles. The van der Waals surface area contributed by atoms with Crippen molar-refractivity contribution in [1.82, 2.24) is 9.97 Å². The second-order valence-corrected chi connectivity index (χ2v) is 4.38. The first-order chi connectivity index (χ1) is 8.63. The number of benzene rings is 1. The minimum absolute atomic E-state index is 0.0558. The average molecular weight is 314 g/mol. The first-order valence-electron chi connectivity index (χ1n) is 5.34. The Labute approximate surface area is 111 Å². The number of anilines is 1. The maximum absolute atomic E-state index is 13.9. The van der Waals surface area contributed by atoms with Crippen molar-refractivity contribution < 1.29 is 8.78 Å². The van der Waals surface area contributed by atoms with E-state index < -0.39 is 11.6 Å². The molecule has 0 radical (unpaired) electrons. The second kappa shape index (κ2) is 5.39. The van der Waals surface area contributed by atoms with Crippen molar-refractivity contribution in [2.24, 2.45) is 0 Å². The highest BCUT2D eigenvalue weighted by Gasteiger charge is 2.15. The van der Waals surface area contributed by atoms with E-state index >= 15 is 0 Å². The van der Waals surface area contributed by atoms with E-state index in [2.05, 4.69) is 31.2 Å². The van der Waals surface area contributed by atoms with Crippen molar-refractivity contribution in [2.75, 3.05) is 11.9 Å². The zero-order valence-corrected chi connectivity index (χ0v) is 11.1. The Balaban J connectivity index is 2.55. The van der Waals surface area contributed by atoms with Crippen molar-refractivity contribution in [3.8, 4) is 11.3 Å². The first-order valence-corrected chi connectivity index (χ1v) is 6.13. The lowest BCUT2D eigenvalue weighted by Gasteiger charge is -2.07. The molecule has 1 aromatic carbocycles. The van der Waals surface area contributed by atoms with Gasteiger partial charge in [0.05, 0.1) is 10.7 Å². The predicted octanol–water partition coefficient (Wildman–Crippen LogP) is 3.62. The number of aromatic nitrogens is 2. The van der Waals surface area contributed by atoms with Gasteiger partial charge < -0.3 is 5.32 Å². The van der Waals surface area contributed by atoms with Crippen molar-refractivity contribution >= 4 is 21.9 Å². The van der Waals surface area contributed by atoms with Crippen molar-refractivity contribution in [3.63, 3.8) is 0 Å². The number of hydrogen-bond donors (Lipinski definition) is 1. The van der Waals surface area contributed by atoms with E-state index in [0.29, 0.717) is 6.54 Å². The third-order valence-electron chi connectivity index (χ3n) is 2.29. The van der Waals surface area contributed by atoms with Gasteiger partial charge >= 0.3 is 0 Å². The van der Waals surface area contributed by atoms with Gasteiger partial charge in [-0.25, -0.2) is 18.7 Å². The highest BCUT2D eigenvalue weighted by atomic mass is 79.9. The monoisotopic (exact) mass is 313 g/mol. The number of nitrogens with zero attached hydrogens (tertiary/aromatic N) is 2. The fourth-order valence-corrected chi connectivity index (χ4v) is 1.85. The maximum Gasteiger partial charge on any atom is 0.223 e. The van der Waals surface area contributed by atoms with Gasteiger partial charge in [-0.1, -0.05) is 6.07 Å². The molecule has 1 N–H and O–H groups in total. The molecule has 0 fully saturated rings. The molecular weight excluding hydrogens is 304 g/mol. The summed E-state index contributed by atoms with van der Waals surface area (Å²) >= 11 is 3.06. The van der Waals surface area contributed by atoms with Gasteiger partial charge in [-0.15, -0.1) is 0 Å². The van der Waals surface area contributed by atoms with Crippen LogP contribution in [0.3, 0.4) is 0 Å². The summed E-state index contributed by atoms with van der Waals surface area (Å²) in [4.78, 5) is 7.75. The smallest absolute Gasteiger partial charge is 0.223 e. The third kappa shape index (κ3) is 2.48. The van der Waals surface area contributed by atoms with E-state index in [1.807, 2.05) is 6.92 Å². The Kier molecular flexibility index (Phi) is 3.86. The Hall–Kier alpha value is -1.56. The Morgan fingerprint density at radius 3 is 2.83 bits per heavy atom. The molecule has 0 bridgehead atoms. The standard InChI is InChI=1S/C12H10BrF2N3/c1-2-16-12-17-6-9(14)11(18-12)7-4-3-5-8(13)10(7)15/h3-6H,2H2,1H3,(H,16,17,18). The van der Waals surface area contributed by atoms with Gasteiger partial charge in [0, 0.05) is 12.1 Å². The molecule has 94 valence electrons. The third-order valence-corrected chi connectivity index (χ3v) is 2.90. The molecule has 6 heteroatoms. The molecule has 0 amide bonds. The summed E-state index contributed by atoms with van der Waals surface area (Å²) in [6, 6.07) is 4.64. The highest BCUT2D eigenvalue weighted by molar-refractivity contribution is 9.10.